The van der Waals surface area contributed by atoms with E-state index < -0.39 is 9.84 Å². The van der Waals surface area contributed by atoms with Gasteiger partial charge in [0, 0.05) is 29.8 Å². The maximum Gasteiger partial charge on any atom is 0.147 e. The van der Waals surface area contributed by atoms with Crippen molar-refractivity contribution in [1.82, 2.24) is 10.3 Å². The highest BCUT2D eigenvalue weighted by molar-refractivity contribution is 7.90. The molecule has 98 valence electrons. The van der Waals surface area contributed by atoms with E-state index >= 15 is 0 Å². The van der Waals surface area contributed by atoms with Crippen LogP contribution < -0.4 is 5.32 Å². The summed E-state index contributed by atoms with van der Waals surface area (Å²) in [6.45, 7) is 4.85. The Balaban J connectivity index is 2.54. The fourth-order valence-corrected chi connectivity index (χ4v) is 3.19. The lowest BCUT2D eigenvalue weighted by Gasteiger charge is -2.15. The number of rotatable bonds is 7. The minimum atomic E-state index is -2.88. The van der Waals surface area contributed by atoms with Gasteiger partial charge in [-0.3, -0.25) is 0 Å². The van der Waals surface area contributed by atoms with Gasteiger partial charge >= 0.3 is 0 Å². The summed E-state index contributed by atoms with van der Waals surface area (Å²) in [5.74, 6) is 0.231. The molecular formula is C11H20N2O2S2. The number of hydrogen-bond donors (Lipinski definition) is 1. The number of sulfone groups is 1. The molecule has 0 fully saturated rings. The molecule has 1 rings (SSSR count). The smallest absolute Gasteiger partial charge is 0.147 e. The van der Waals surface area contributed by atoms with E-state index in [9.17, 15) is 8.42 Å². The molecule has 4 nitrogen and oxygen atoms in total. The van der Waals surface area contributed by atoms with Gasteiger partial charge in [-0.1, -0.05) is 6.92 Å². The summed E-state index contributed by atoms with van der Waals surface area (Å²) >= 11 is 1.64. The lowest BCUT2D eigenvalue weighted by atomic mass is 10.1. The third kappa shape index (κ3) is 6.14. The van der Waals surface area contributed by atoms with Crippen molar-refractivity contribution in [3.05, 3.63) is 16.1 Å². The summed E-state index contributed by atoms with van der Waals surface area (Å²) in [5, 5.41) is 6.41. The molecule has 1 aromatic rings. The summed E-state index contributed by atoms with van der Waals surface area (Å²) in [6, 6.07) is 0.195. The second-order valence-corrected chi connectivity index (χ2v) is 7.46. The number of nitrogens with one attached hydrogen (secondary N) is 1. The molecule has 17 heavy (non-hydrogen) atoms. The number of hydrogen-bond acceptors (Lipinski definition) is 5. The van der Waals surface area contributed by atoms with Crippen LogP contribution in [0.25, 0.3) is 0 Å². The molecule has 0 saturated carbocycles. The highest BCUT2D eigenvalue weighted by Gasteiger charge is 2.13. The lowest BCUT2D eigenvalue weighted by molar-refractivity contribution is 0.505. The number of aromatic nitrogens is 1. The third-order valence-corrected chi connectivity index (χ3v) is 4.38. The molecule has 0 aliphatic rings. The highest BCUT2D eigenvalue weighted by atomic mass is 32.2. The van der Waals surface area contributed by atoms with Gasteiger partial charge in [-0.05, 0) is 19.9 Å². The van der Waals surface area contributed by atoms with Gasteiger partial charge in [-0.15, -0.1) is 11.3 Å². The molecule has 0 saturated heterocycles. The summed E-state index contributed by atoms with van der Waals surface area (Å²) in [6.07, 6.45) is 2.73. The van der Waals surface area contributed by atoms with Gasteiger partial charge < -0.3 is 5.32 Å². The number of aryl methyl sites for hydroxylation is 1. The monoisotopic (exact) mass is 276 g/mol. The second kappa shape index (κ2) is 6.47. The minimum Gasteiger partial charge on any atom is -0.314 e. The quantitative estimate of drug-likeness (QED) is 0.818. The van der Waals surface area contributed by atoms with E-state index in [1.54, 1.807) is 11.3 Å². The summed E-state index contributed by atoms with van der Waals surface area (Å²) in [5.41, 5.74) is 1.03. The van der Waals surface area contributed by atoms with Gasteiger partial charge in [0.1, 0.15) is 9.84 Å². The lowest BCUT2D eigenvalue weighted by Crippen LogP contribution is -2.32. The summed E-state index contributed by atoms with van der Waals surface area (Å²) < 4.78 is 22.3. The fourth-order valence-electron chi connectivity index (χ4n) is 1.63. The Labute approximate surface area is 107 Å². The van der Waals surface area contributed by atoms with Crippen molar-refractivity contribution in [1.29, 1.82) is 0 Å². The summed E-state index contributed by atoms with van der Waals surface area (Å²) in [7, 11) is -2.88. The van der Waals surface area contributed by atoms with E-state index in [0.29, 0.717) is 6.42 Å². The first-order valence-corrected chi connectivity index (χ1v) is 8.67. The van der Waals surface area contributed by atoms with E-state index in [-0.39, 0.29) is 11.8 Å². The normalized spacial score (nSPS) is 13.8. The summed E-state index contributed by atoms with van der Waals surface area (Å²) in [4.78, 5) is 4.41. The van der Waals surface area contributed by atoms with Crippen LogP contribution in [0.4, 0.5) is 0 Å². The van der Waals surface area contributed by atoms with Crippen LogP contribution in [-0.2, 0) is 16.3 Å². The SMILES string of the molecule is CCNC(CCS(C)(=O)=O)Cc1nc(C)cs1. The average Bonchev–Trinajstić information content (AvgIpc) is 2.60. The molecule has 0 bridgehead atoms. The van der Waals surface area contributed by atoms with Crippen LogP contribution in [0.5, 0.6) is 0 Å². The predicted octanol–water partition coefficient (Wildman–Crippen LogP) is 1.41. The first-order valence-electron chi connectivity index (χ1n) is 5.73. The zero-order valence-corrected chi connectivity index (χ0v) is 12.2. The van der Waals surface area contributed by atoms with E-state index in [1.807, 2.05) is 19.2 Å². The van der Waals surface area contributed by atoms with Gasteiger partial charge in [0.25, 0.3) is 0 Å². The van der Waals surface area contributed by atoms with Crippen molar-refractivity contribution in [3.8, 4) is 0 Å². The minimum absolute atomic E-state index is 0.195. The Morgan fingerprint density at radius 1 is 1.53 bits per heavy atom. The largest absolute Gasteiger partial charge is 0.314 e. The van der Waals surface area contributed by atoms with Crippen molar-refractivity contribution >= 4 is 21.2 Å². The molecule has 0 radical (unpaired) electrons. The van der Waals surface area contributed by atoms with Crippen LogP contribution in [0.15, 0.2) is 5.38 Å². The van der Waals surface area contributed by atoms with E-state index in [4.69, 9.17) is 0 Å². The molecule has 0 aliphatic heterocycles. The van der Waals surface area contributed by atoms with E-state index in [0.717, 1.165) is 23.7 Å². The Morgan fingerprint density at radius 3 is 2.71 bits per heavy atom. The van der Waals surface area contributed by atoms with Crippen molar-refractivity contribution in [2.45, 2.75) is 32.7 Å². The molecule has 1 aromatic heterocycles. The molecule has 1 heterocycles. The Morgan fingerprint density at radius 2 is 2.24 bits per heavy atom. The van der Waals surface area contributed by atoms with Crippen LogP contribution in [0, 0.1) is 6.92 Å². The van der Waals surface area contributed by atoms with Crippen LogP contribution in [0.2, 0.25) is 0 Å². The predicted molar refractivity (Wildman–Crippen MR) is 72.3 cm³/mol. The third-order valence-electron chi connectivity index (χ3n) is 2.42. The standard InChI is InChI=1S/C11H20N2O2S2/c1-4-12-10(5-6-17(3,14)15)7-11-13-9(2)8-16-11/h8,10,12H,4-7H2,1-3H3. The second-order valence-electron chi connectivity index (χ2n) is 4.26. The zero-order valence-electron chi connectivity index (χ0n) is 10.6. The van der Waals surface area contributed by atoms with Crippen molar-refractivity contribution < 1.29 is 8.42 Å². The average molecular weight is 276 g/mol. The first kappa shape index (κ1) is 14.6. The molecule has 0 spiro atoms. The number of thiazole rings is 1. The van der Waals surface area contributed by atoms with Crippen LogP contribution >= 0.6 is 11.3 Å². The zero-order chi connectivity index (χ0) is 12.9. The van der Waals surface area contributed by atoms with Gasteiger partial charge in [0.15, 0.2) is 0 Å². The van der Waals surface area contributed by atoms with E-state index in [2.05, 4.69) is 10.3 Å². The molecule has 0 amide bonds. The van der Waals surface area contributed by atoms with Crippen molar-refractivity contribution in [3.63, 3.8) is 0 Å². The molecule has 0 aliphatic carbocycles. The highest BCUT2D eigenvalue weighted by Crippen LogP contribution is 2.12. The fraction of sp³-hybridized carbons (Fsp3) is 0.727. The van der Waals surface area contributed by atoms with Crippen molar-refractivity contribution in [2.24, 2.45) is 0 Å². The Kier molecular flexibility index (Phi) is 5.55. The number of likely N-dealkylation sites (N-methyl/N-ethyl adjacent to an activating group) is 1. The van der Waals surface area contributed by atoms with Gasteiger partial charge in [-0.2, -0.15) is 0 Å². The maximum absolute atomic E-state index is 11.2. The van der Waals surface area contributed by atoms with Gasteiger partial charge in [-0.25, -0.2) is 13.4 Å². The van der Waals surface area contributed by atoms with E-state index in [1.165, 1.54) is 6.26 Å². The van der Waals surface area contributed by atoms with Gasteiger partial charge in [0.05, 0.1) is 10.8 Å². The Hall–Kier alpha value is -0.460. The molecule has 1 unspecified atom stereocenters. The molecular weight excluding hydrogens is 256 g/mol. The topological polar surface area (TPSA) is 59.1 Å². The molecule has 1 atom stereocenters. The van der Waals surface area contributed by atoms with Crippen LogP contribution in [0.1, 0.15) is 24.0 Å². The first-order chi connectivity index (χ1) is 7.90. The molecule has 1 N–H and O–H groups in total. The van der Waals surface area contributed by atoms with Crippen molar-refractivity contribution in [2.75, 3.05) is 18.6 Å². The van der Waals surface area contributed by atoms with Crippen LogP contribution in [0.3, 0.4) is 0 Å². The maximum atomic E-state index is 11.2. The Bertz CT molecular complexity index is 440. The molecule has 0 aromatic carbocycles. The van der Waals surface area contributed by atoms with Crippen LogP contribution in [-0.4, -0.2) is 38.0 Å². The molecule has 6 heteroatoms. The number of nitrogens with zero attached hydrogens (tertiary/aromatic N) is 1. The van der Waals surface area contributed by atoms with Gasteiger partial charge in [0.2, 0.25) is 0 Å².